The predicted octanol–water partition coefficient (Wildman–Crippen LogP) is 2.30. The van der Waals surface area contributed by atoms with E-state index in [1.165, 1.54) is 12.3 Å². The molecule has 7 nitrogen and oxygen atoms in total. The van der Waals surface area contributed by atoms with Crippen molar-refractivity contribution in [1.29, 1.82) is 0 Å². The van der Waals surface area contributed by atoms with Crippen LogP contribution in [0.4, 0.5) is 5.82 Å². The second-order valence-electron chi connectivity index (χ2n) is 4.36. The number of aromatic hydroxyl groups is 1. The molecule has 0 unspecified atom stereocenters. The summed E-state index contributed by atoms with van der Waals surface area (Å²) in [7, 11) is 0. The van der Waals surface area contributed by atoms with Gasteiger partial charge in [-0.25, -0.2) is 0 Å². The number of nitrogens with one attached hydrogen (secondary N) is 2. The Morgan fingerprint density at radius 1 is 1.36 bits per heavy atom. The standard InChI is InChI=1S/C14H10N4O3S/c19-7-9-8(2-1-3-11(9)20)10-6-12(22-18-10)14(21)16-13-4-5-15-17-13/h1-7,20H,(H2,15,16,17,21). The molecular formula is C14H10N4O3S. The number of rotatable bonds is 4. The van der Waals surface area contributed by atoms with E-state index >= 15 is 0 Å². The van der Waals surface area contributed by atoms with Gasteiger partial charge in [-0.2, -0.15) is 9.47 Å². The van der Waals surface area contributed by atoms with Crippen LogP contribution >= 0.6 is 11.5 Å². The van der Waals surface area contributed by atoms with Crippen molar-refractivity contribution in [3.05, 3.63) is 47.0 Å². The number of aldehydes is 1. The van der Waals surface area contributed by atoms with Crippen LogP contribution in [0.5, 0.6) is 5.75 Å². The van der Waals surface area contributed by atoms with Gasteiger partial charge < -0.3 is 10.4 Å². The number of aromatic amines is 1. The van der Waals surface area contributed by atoms with Crippen molar-refractivity contribution in [2.75, 3.05) is 5.32 Å². The highest BCUT2D eigenvalue weighted by atomic mass is 32.1. The molecule has 0 saturated carbocycles. The molecule has 0 aliphatic rings. The first-order chi connectivity index (χ1) is 10.7. The first-order valence-corrected chi connectivity index (χ1v) is 7.01. The summed E-state index contributed by atoms with van der Waals surface area (Å²) < 4.78 is 4.17. The number of carbonyl (C=O) groups is 2. The van der Waals surface area contributed by atoms with E-state index < -0.39 is 0 Å². The number of aromatic nitrogens is 3. The number of carbonyl (C=O) groups excluding carboxylic acids is 2. The van der Waals surface area contributed by atoms with Crippen molar-refractivity contribution >= 4 is 29.5 Å². The molecule has 8 heteroatoms. The Morgan fingerprint density at radius 3 is 2.95 bits per heavy atom. The van der Waals surface area contributed by atoms with Crippen LogP contribution in [0.2, 0.25) is 0 Å². The zero-order chi connectivity index (χ0) is 15.5. The van der Waals surface area contributed by atoms with Crippen molar-refractivity contribution in [2.45, 2.75) is 0 Å². The first-order valence-electron chi connectivity index (χ1n) is 6.24. The van der Waals surface area contributed by atoms with E-state index in [0.29, 0.717) is 28.2 Å². The summed E-state index contributed by atoms with van der Waals surface area (Å²) in [5.41, 5.74) is 1.08. The monoisotopic (exact) mass is 314 g/mol. The van der Waals surface area contributed by atoms with Crippen molar-refractivity contribution in [2.24, 2.45) is 0 Å². The van der Waals surface area contributed by atoms with Crippen molar-refractivity contribution < 1.29 is 14.7 Å². The van der Waals surface area contributed by atoms with Gasteiger partial charge in [-0.05, 0) is 23.7 Å². The van der Waals surface area contributed by atoms with E-state index in [9.17, 15) is 14.7 Å². The highest BCUT2D eigenvalue weighted by molar-refractivity contribution is 7.08. The van der Waals surface area contributed by atoms with Gasteiger partial charge in [0.1, 0.15) is 16.4 Å². The van der Waals surface area contributed by atoms with Gasteiger partial charge in [0.25, 0.3) is 5.91 Å². The molecule has 0 atom stereocenters. The zero-order valence-corrected chi connectivity index (χ0v) is 11.9. The van der Waals surface area contributed by atoms with Gasteiger partial charge in [0.05, 0.1) is 17.5 Å². The fraction of sp³-hybridized carbons (Fsp3) is 0. The van der Waals surface area contributed by atoms with E-state index in [1.54, 1.807) is 24.3 Å². The summed E-state index contributed by atoms with van der Waals surface area (Å²) >= 11 is 1.01. The lowest BCUT2D eigenvalue weighted by Gasteiger charge is -2.02. The average molecular weight is 314 g/mol. The third kappa shape index (κ3) is 2.59. The minimum absolute atomic E-state index is 0.121. The molecule has 0 saturated heterocycles. The molecule has 3 rings (SSSR count). The Morgan fingerprint density at radius 2 is 2.23 bits per heavy atom. The van der Waals surface area contributed by atoms with Crippen LogP contribution < -0.4 is 5.32 Å². The Bertz CT molecular complexity index is 826. The molecule has 2 heterocycles. The van der Waals surface area contributed by atoms with E-state index in [-0.39, 0.29) is 17.2 Å². The zero-order valence-electron chi connectivity index (χ0n) is 11.1. The number of nitrogens with zero attached hydrogens (tertiary/aromatic N) is 2. The van der Waals surface area contributed by atoms with Gasteiger partial charge in [-0.3, -0.25) is 14.7 Å². The van der Waals surface area contributed by atoms with Gasteiger partial charge in [0.15, 0.2) is 6.29 Å². The SMILES string of the molecule is O=Cc1c(O)cccc1-c1cc(C(=O)Nc2ccn[nH]2)sn1. The van der Waals surface area contributed by atoms with Gasteiger partial charge in [-0.15, -0.1) is 0 Å². The quantitative estimate of drug-likeness (QED) is 0.640. The van der Waals surface area contributed by atoms with Gasteiger partial charge in [-0.1, -0.05) is 12.1 Å². The van der Waals surface area contributed by atoms with Crippen LogP contribution in [-0.2, 0) is 0 Å². The number of amides is 1. The van der Waals surface area contributed by atoms with E-state index in [1.807, 2.05) is 0 Å². The molecule has 0 fully saturated rings. The Labute approximate surface area is 128 Å². The smallest absolute Gasteiger partial charge is 0.268 e. The minimum Gasteiger partial charge on any atom is -0.507 e. The lowest BCUT2D eigenvalue weighted by molar-refractivity contribution is 0.102. The molecule has 0 spiro atoms. The Balaban J connectivity index is 1.89. The predicted molar refractivity (Wildman–Crippen MR) is 81.1 cm³/mol. The molecule has 2 aromatic heterocycles. The second-order valence-corrected chi connectivity index (χ2v) is 5.16. The molecule has 0 aliphatic carbocycles. The Hall–Kier alpha value is -3.00. The van der Waals surface area contributed by atoms with Gasteiger partial charge in [0, 0.05) is 11.6 Å². The molecule has 1 aromatic carbocycles. The van der Waals surface area contributed by atoms with Crippen LogP contribution in [-0.4, -0.2) is 31.9 Å². The molecule has 0 radical (unpaired) electrons. The topological polar surface area (TPSA) is 108 Å². The summed E-state index contributed by atoms with van der Waals surface area (Å²) in [5.74, 6) is 0.0238. The second kappa shape index (κ2) is 5.78. The molecule has 0 bridgehead atoms. The minimum atomic E-state index is -0.333. The summed E-state index contributed by atoms with van der Waals surface area (Å²) in [6.45, 7) is 0. The molecule has 22 heavy (non-hydrogen) atoms. The maximum absolute atomic E-state index is 12.1. The average Bonchev–Trinajstić information content (AvgIpc) is 3.18. The van der Waals surface area contributed by atoms with E-state index in [0.717, 1.165) is 11.5 Å². The molecule has 1 amide bonds. The number of phenols is 1. The molecular weight excluding hydrogens is 304 g/mol. The summed E-state index contributed by atoms with van der Waals surface area (Å²) in [4.78, 5) is 23.5. The van der Waals surface area contributed by atoms with Crippen molar-refractivity contribution in [3.63, 3.8) is 0 Å². The Kier molecular flexibility index (Phi) is 3.67. The number of hydrogen-bond acceptors (Lipinski definition) is 6. The van der Waals surface area contributed by atoms with Gasteiger partial charge >= 0.3 is 0 Å². The largest absolute Gasteiger partial charge is 0.507 e. The number of phenolic OH excluding ortho intramolecular Hbond substituents is 1. The highest BCUT2D eigenvalue weighted by Gasteiger charge is 2.16. The maximum Gasteiger partial charge on any atom is 0.268 e. The number of H-pyrrole nitrogens is 1. The normalized spacial score (nSPS) is 10.4. The third-order valence-corrected chi connectivity index (χ3v) is 3.75. The number of hydrogen-bond donors (Lipinski definition) is 3. The first kappa shape index (κ1) is 14.0. The van der Waals surface area contributed by atoms with Crippen LogP contribution in [0, 0.1) is 0 Å². The summed E-state index contributed by atoms with van der Waals surface area (Å²) in [6.07, 6.45) is 2.09. The fourth-order valence-electron chi connectivity index (χ4n) is 1.92. The summed E-state index contributed by atoms with van der Waals surface area (Å²) in [6, 6.07) is 7.89. The lowest BCUT2D eigenvalue weighted by atomic mass is 10.0. The molecule has 110 valence electrons. The van der Waals surface area contributed by atoms with Gasteiger partial charge in [0.2, 0.25) is 0 Å². The van der Waals surface area contributed by atoms with Crippen LogP contribution in [0.3, 0.4) is 0 Å². The number of benzene rings is 1. The molecule has 3 aromatic rings. The molecule has 3 N–H and O–H groups in total. The lowest BCUT2D eigenvalue weighted by Crippen LogP contribution is -2.10. The van der Waals surface area contributed by atoms with Crippen LogP contribution in [0.15, 0.2) is 36.5 Å². The highest BCUT2D eigenvalue weighted by Crippen LogP contribution is 2.29. The van der Waals surface area contributed by atoms with E-state index in [2.05, 4.69) is 19.9 Å². The van der Waals surface area contributed by atoms with E-state index in [4.69, 9.17) is 0 Å². The maximum atomic E-state index is 12.1. The summed E-state index contributed by atoms with van der Waals surface area (Å²) in [5, 5.41) is 18.7. The molecule has 0 aliphatic heterocycles. The third-order valence-electron chi connectivity index (χ3n) is 2.96. The number of anilines is 1. The van der Waals surface area contributed by atoms with Crippen molar-refractivity contribution in [3.8, 4) is 17.0 Å². The van der Waals surface area contributed by atoms with Crippen LogP contribution in [0.1, 0.15) is 20.0 Å². The van der Waals surface area contributed by atoms with Crippen molar-refractivity contribution in [1.82, 2.24) is 14.6 Å². The fourth-order valence-corrected chi connectivity index (χ4v) is 2.56. The van der Waals surface area contributed by atoms with Crippen LogP contribution in [0.25, 0.3) is 11.3 Å².